The van der Waals surface area contributed by atoms with Gasteiger partial charge in [-0.05, 0) is 67.5 Å². The Morgan fingerprint density at radius 3 is 2.50 bits per heavy atom. The number of carbonyl (C=O) groups excluding carboxylic acids is 1. The van der Waals surface area contributed by atoms with Crippen molar-refractivity contribution in [1.82, 2.24) is 5.32 Å². The lowest BCUT2D eigenvalue weighted by atomic mass is 10.0. The first-order chi connectivity index (χ1) is 13.5. The SMILES string of the molecule is CCc1ccc(OCc2csc(C(=O)NC(C)c3ccc(C)cc3C)c2)cc1. The van der Waals surface area contributed by atoms with Gasteiger partial charge in [-0.2, -0.15) is 0 Å². The Kier molecular flexibility index (Phi) is 6.53. The number of amides is 1. The third-order valence-corrected chi connectivity index (χ3v) is 5.83. The normalized spacial score (nSPS) is 11.9. The van der Waals surface area contributed by atoms with Crippen LogP contribution in [0.15, 0.2) is 53.9 Å². The van der Waals surface area contributed by atoms with E-state index in [2.05, 4.69) is 56.4 Å². The highest BCUT2D eigenvalue weighted by Gasteiger charge is 2.15. The van der Waals surface area contributed by atoms with Crippen molar-refractivity contribution in [3.05, 3.63) is 86.6 Å². The van der Waals surface area contributed by atoms with Gasteiger partial charge in [-0.15, -0.1) is 11.3 Å². The minimum absolute atomic E-state index is 0.0352. The minimum Gasteiger partial charge on any atom is -0.489 e. The Hall–Kier alpha value is -2.59. The van der Waals surface area contributed by atoms with Crippen LogP contribution in [0.5, 0.6) is 5.75 Å². The lowest BCUT2D eigenvalue weighted by molar-refractivity contribution is 0.0944. The van der Waals surface area contributed by atoms with Crippen LogP contribution < -0.4 is 10.1 Å². The summed E-state index contributed by atoms with van der Waals surface area (Å²) in [5.41, 5.74) is 5.87. The summed E-state index contributed by atoms with van der Waals surface area (Å²) in [5.74, 6) is 0.800. The second-order valence-corrected chi connectivity index (χ2v) is 8.07. The molecule has 2 aromatic carbocycles. The molecular formula is C24H27NO2S. The summed E-state index contributed by atoms with van der Waals surface area (Å²) in [7, 11) is 0. The van der Waals surface area contributed by atoms with E-state index < -0.39 is 0 Å². The fourth-order valence-corrected chi connectivity index (χ4v) is 4.02. The summed E-state index contributed by atoms with van der Waals surface area (Å²) in [4.78, 5) is 13.3. The number of hydrogen-bond donors (Lipinski definition) is 1. The van der Waals surface area contributed by atoms with Gasteiger partial charge in [-0.1, -0.05) is 42.8 Å². The molecule has 0 spiro atoms. The van der Waals surface area contributed by atoms with Crippen LogP contribution in [0.25, 0.3) is 0 Å². The molecule has 1 heterocycles. The highest BCUT2D eigenvalue weighted by Crippen LogP contribution is 2.22. The number of benzene rings is 2. The molecule has 0 aliphatic heterocycles. The zero-order valence-electron chi connectivity index (χ0n) is 16.9. The summed E-state index contributed by atoms with van der Waals surface area (Å²) >= 11 is 1.45. The number of rotatable bonds is 7. The molecule has 1 atom stereocenters. The molecule has 28 heavy (non-hydrogen) atoms. The summed E-state index contributed by atoms with van der Waals surface area (Å²) in [6.45, 7) is 8.77. The molecule has 3 aromatic rings. The molecule has 1 amide bonds. The van der Waals surface area contributed by atoms with E-state index in [0.29, 0.717) is 11.5 Å². The Bertz CT molecular complexity index is 943. The number of thiophene rings is 1. The van der Waals surface area contributed by atoms with Crippen LogP contribution >= 0.6 is 11.3 Å². The first kappa shape index (κ1) is 20.2. The van der Waals surface area contributed by atoms with Crippen LogP contribution in [-0.4, -0.2) is 5.91 Å². The highest BCUT2D eigenvalue weighted by atomic mass is 32.1. The second-order valence-electron chi connectivity index (χ2n) is 7.16. The summed E-state index contributed by atoms with van der Waals surface area (Å²) in [5, 5.41) is 5.09. The maximum Gasteiger partial charge on any atom is 0.261 e. The average Bonchev–Trinajstić information content (AvgIpc) is 3.16. The van der Waals surface area contributed by atoms with Crippen LogP contribution in [0.3, 0.4) is 0 Å². The quantitative estimate of drug-likeness (QED) is 0.535. The first-order valence-electron chi connectivity index (χ1n) is 9.63. The molecule has 0 aliphatic carbocycles. The fraction of sp³-hybridized carbons (Fsp3) is 0.292. The topological polar surface area (TPSA) is 38.3 Å². The van der Waals surface area contributed by atoms with Crippen LogP contribution in [0.4, 0.5) is 0 Å². The van der Waals surface area contributed by atoms with Gasteiger partial charge in [0.15, 0.2) is 0 Å². The molecule has 1 N–H and O–H groups in total. The number of ether oxygens (including phenoxy) is 1. The van der Waals surface area contributed by atoms with Crippen molar-refractivity contribution in [3.63, 3.8) is 0 Å². The maximum atomic E-state index is 12.6. The van der Waals surface area contributed by atoms with Gasteiger partial charge in [0.05, 0.1) is 10.9 Å². The molecule has 3 rings (SSSR count). The highest BCUT2D eigenvalue weighted by molar-refractivity contribution is 7.12. The van der Waals surface area contributed by atoms with Crippen molar-refractivity contribution < 1.29 is 9.53 Å². The molecule has 0 saturated carbocycles. The van der Waals surface area contributed by atoms with E-state index in [-0.39, 0.29) is 11.9 Å². The smallest absolute Gasteiger partial charge is 0.261 e. The standard InChI is InChI=1S/C24H27NO2S/c1-5-19-7-9-21(10-8-19)27-14-20-13-23(28-15-20)24(26)25-18(4)22-11-6-16(2)12-17(22)3/h6-13,15,18H,5,14H2,1-4H3,(H,25,26). The molecule has 4 heteroatoms. The molecule has 0 fully saturated rings. The lowest BCUT2D eigenvalue weighted by Gasteiger charge is -2.16. The Balaban J connectivity index is 1.58. The Morgan fingerprint density at radius 2 is 1.82 bits per heavy atom. The van der Waals surface area contributed by atoms with Gasteiger partial charge in [-0.25, -0.2) is 0 Å². The van der Waals surface area contributed by atoms with Crippen molar-refractivity contribution >= 4 is 17.2 Å². The second kappa shape index (κ2) is 9.07. The van der Waals surface area contributed by atoms with Crippen LogP contribution in [0.2, 0.25) is 0 Å². The van der Waals surface area contributed by atoms with Gasteiger partial charge in [-0.3, -0.25) is 4.79 Å². The molecule has 0 aliphatic rings. The zero-order chi connectivity index (χ0) is 20.1. The van der Waals surface area contributed by atoms with Gasteiger partial charge in [0.2, 0.25) is 0 Å². The number of hydrogen-bond acceptors (Lipinski definition) is 3. The average molecular weight is 394 g/mol. The van der Waals surface area contributed by atoms with Crippen molar-refractivity contribution in [3.8, 4) is 5.75 Å². The summed E-state index contributed by atoms with van der Waals surface area (Å²) < 4.78 is 5.84. The number of nitrogens with one attached hydrogen (secondary N) is 1. The molecule has 1 aromatic heterocycles. The minimum atomic E-state index is -0.0453. The zero-order valence-corrected chi connectivity index (χ0v) is 17.7. The van der Waals surface area contributed by atoms with E-state index in [0.717, 1.165) is 23.3 Å². The van der Waals surface area contributed by atoms with E-state index >= 15 is 0 Å². The molecule has 3 nitrogen and oxygen atoms in total. The third kappa shape index (κ3) is 5.02. The molecule has 146 valence electrons. The van der Waals surface area contributed by atoms with E-state index in [9.17, 15) is 4.79 Å². The Labute approximate surface area is 171 Å². The van der Waals surface area contributed by atoms with Crippen LogP contribution in [0, 0.1) is 13.8 Å². The van der Waals surface area contributed by atoms with E-state index in [4.69, 9.17) is 4.74 Å². The molecule has 0 radical (unpaired) electrons. The van der Waals surface area contributed by atoms with Crippen molar-refractivity contribution in [2.45, 2.75) is 46.8 Å². The summed E-state index contributed by atoms with van der Waals surface area (Å²) in [6, 6.07) is 16.3. The van der Waals surface area contributed by atoms with E-state index in [1.165, 1.54) is 28.0 Å². The molecular weight excluding hydrogens is 366 g/mol. The predicted octanol–water partition coefficient (Wildman–Crippen LogP) is 6.00. The van der Waals surface area contributed by atoms with Crippen LogP contribution in [-0.2, 0) is 13.0 Å². The molecule has 1 unspecified atom stereocenters. The van der Waals surface area contributed by atoms with Gasteiger partial charge >= 0.3 is 0 Å². The van der Waals surface area contributed by atoms with Gasteiger partial charge < -0.3 is 10.1 Å². The van der Waals surface area contributed by atoms with E-state index in [1.807, 2.05) is 30.5 Å². The number of carbonyl (C=O) groups is 1. The predicted molar refractivity (Wildman–Crippen MR) is 116 cm³/mol. The monoisotopic (exact) mass is 393 g/mol. The van der Waals surface area contributed by atoms with E-state index in [1.54, 1.807) is 0 Å². The molecule has 0 saturated heterocycles. The van der Waals surface area contributed by atoms with Crippen molar-refractivity contribution in [1.29, 1.82) is 0 Å². The van der Waals surface area contributed by atoms with Crippen molar-refractivity contribution in [2.75, 3.05) is 0 Å². The third-order valence-electron chi connectivity index (χ3n) is 4.85. The fourth-order valence-electron chi connectivity index (χ4n) is 3.22. The maximum absolute atomic E-state index is 12.6. The first-order valence-corrected chi connectivity index (χ1v) is 10.5. The van der Waals surface area contributed by atoms with Gasteiger partial charge in [0.1, 0.15) is 12.4 Å². The lowest BCUT2D eigenvalue weighted by Crippen LogP contribution is -2.26. The Morgan fingerprint density at radius 1 is 1.07 bits per heavy atom. The molecule has 0 bridgehead atoms. The summed E-state index contributed by atoms with van der Waals surface area (Å²) in [6.07, 6.45) is 1.02. The largest absolute Gasteiger partial charge is 0.489 e. The number of aryl methyl sites for hydroxylation is 3. The van der Waals surface area contributed by atoms with Gasteiger partial charge in [0, 0.05) is 5.56 Å². The van der Waals surface area contributed by atoms with Gasteiger partial charge in [0.25, 0.3) is 5.91 Å². The van der Waals surface area contributed by atoms with Crippen LogP contribution in [0.1, 0.15) is 57.4 Å². The van der Waals surface area contributed by atoms with Crippen molar-refractivity contribution in [2.24, 2.45) is 0 Å².